The molecule has 1 aromatic heterocycles. The normalized spacial score (nSPS) is 14.4. The number of hydrogen-bond acceptors (Lipinski definition) is 5. The van der Waals surface area contributed by atoms with E-state index in [-0.39, 0.29) is 23.3 Å². The number of rotatable bonds is 16. The van der Waals surface area contributed by atoms with Gasteiger partial charge in [0.2, 0.25) is 11.8 Å². The van der Waals surface area contributed by atoms with Crippen LogP contribution in [-0.4, -0.2) is 50.9 Å². The molecule has 1 aliphatic rings. The topological polar surface area (TPSA) is 91.3 Å². The van der Waals surface area contributed by atoms with E-state index < -0.39 is 11.6 Å². The molecule has 3 aromatic carbocycles. The van der Waals surface area contributed by atoms with Crippen molar-refractivity contribution in [3.8, 4) is 0 Å². The van der Waals surface area contributed by atoms with Crippen LogP contribution < -0.4 is 16.0 Å². The molecule has 4 aromatic rings. The Morgan fingerprint density at radius 1 is 0.887 bits per heavy atom. The van der Waals surface area contributed by atoms with E-state index in [0.29, 0.717) is 25.1 Å². The van der Waals surface area contributed by atoms with Gasteiger partial charge in [-0.3, -0.25) is 9.59 Å². The van der Waals surface area contributed by atoms with Gasteiger partial charge in [-0.25, -0.2) is 4.98 Å². The molecule has 5 rings (SSSR count). The fraction of sp³-hybridized carbons (Fsp3) is 0.356. The molecule has 0 spiro atoms. The van der Waals surface area contributed by atoms with Crippen molar-refractivity contribution in [3.05, 3.63) is 151 Å². The zero-order valence-electron chi connectivity index (χ0n) is 32.1. The molecule has 2 heterocycles. The van der Waals surface area contributed by atoms with Gasteiger partial charge in [-0.2, -0.15) is 0 Å². The minimum Gasteiger partial charge on any atom is -0.375 e. The first-order valence-electron chi connectivity index (χ1n) is 18.7. The molecule has 2 amide bonds. The zero-order valence-corrected chi connectivity index (χ0v) is 32.1. The second-order valence-corrected chi connectivity index (χ2v) is 15.8. The molecule has 2 atom stereocenters. The fourth-order valence-electron chi connectivity index (χ4n) is 6.89. The van der Waals surface area contributed by atoms with E-state index in [4.69, 9.17) is 0 Å². The van der Waals surface area contributed by atoms with Crippen molar-refractivity contribution >= 4 is 23.2 Å². The second-order valence-electron chi connectivity index (χ2n) is 15.8. The highest BCUT2D eigenvalue weighted by molar-refractivity contribution is 5.98. The van der Waals surface area contributed by atoms with Crippen molar-refractivity contribution in [2.24, 2.45) is 5.41 Å². The van der Waals surface area contributed by atoms with Gasteiger partial charge in [0, 0.05) is 30.7 Å². The van der Waals surface area contributed by atoms with Crippen molar-refractivity contribution in [2.45, 2.75) is 84.3 Å². The summed E-state index contributed by atoms with van der Waals surface area (Å²) < 4.78 is 2.00. The first kappa shape index (κ1) is 38.9. The van der Waals surface area contributed by atoms with Crippen LogP contribution in [0.15, 0.2) is 134 Å². The van der Waals surface area contributed by atoms with Gasteiger partial charge >= 0.3 is 0 Å². The first-order valence-corrected chi connectivity index (χ1v) is 18.7. The summed E-state index contributed by atoms with van der Waals surface area (Å²) in [6.07, 6.45) is 9.48. The SMILES string of the molecule is C=C(CC(C)(C)C)NC(C)(C)C(=O)NC(CCCc1ccccc1)C(=O)Nc1cn(C(C(=C)N2CC=C(c3ccccc3)CC2)c2ccccc2)cn1. The highest BCUT2D eigenvalue weighted by atomic mass is 16.2. The van der Waals surface area contributed by atoms with Crippen LogP contribution in [0.2, 0.25) is 0 Å². The lowest BCUT2D eigenvalue weighted by Gasteiger charge is -2.35. The number of allylic oxidation sites excluding steroid dienone is 2. The summed E-state index contributed by atoms with van der Waals surface area (Å²) in [5, 5.41) is 9.36. The van der Waals surface area contributed by atoms with E-state index in [0.717, 1.165) is 42.9 Å². The van der Waals surface area contributed by atoms with Crippen LogP contribution in [-0.2, 0) is 16.0 Å². The molecule has 0 radical (unpaired) electrons. The molecule has 1 aliphatic heterocycles. The molecule has 8 heteroatoms. The van der Waals surface area contributed by atoms with Crippen LogP contribution in [0, 0.1) is 5.41 Å². The van der Waals surface area contributed by atoms with Gasteiger partial charge in [0.05, 0.1) is 12.4 Å². The Kier molecular flexibility index (Phi) is 12.8. The summed E-state index contributed by atoms with van der Waals surface area (Å²) in [7, 11) is 0. The zero-order chi connectivity index (χ0) is 38.0. The van der Waals surface area contributed by atoms with Crippen LogP contribution in [0.25, 0.3) is 5.57 Å². The lowest BCUT2D eigenvalue weighted by atomic mass is 9.90. The van der Waals surface area contributed by atoms with Crippen molar-refractivity contribution < 1.29 is 9.59 Å². The standard InChI is InChI=1S/C45H56N6O2/c1-33(30-44(3,4)5)49-45(6,7)43(53)47-39(25-17-20-35-18-11-8-12-19-35)42(52)48-40-31-51(32-46-40)41(38-23-15-10-16-24-38)34(2)50-28-26-37(27-29-50)36-21-13-9-14-22-36/h8-16,18-19,21-24,26,31-32,39,41,49H,1-2,17,20,25,27-30H2,3-7H3,(H,47,53)(H,48,52). The average molecular weight is 713 g/mol. The first-order chi connectivity index (χ1) is 25.3. The number of hydrogen-bond donors (Lipinski definition) is 3. The number of carbonyl (C=O) groups is 2. The molecular weight excluding hydrogens is 657 g/mol. The Bertz CT molecular complexity index is 1870. The molecule has 0 fully saturated rings. The smallest absolute Gasteiger partial charge is 0.248 e. The maximum Gasteiger partial charge on any atom is 0.248 e. The predicted octanol–water partition coefficient (Wildman–Crippen LogP) is 8.54. The monoisotopic (exact) mass is 712 g/mol. The summed E-state index contributed by atoms with van der Waals surface area (Å²) in [5.41, 5.74) is 5.62. The van der Waals surface area contributed by atoms with Crippen LogP contribution in [0.1, 0.15) is 83.0 Å². The summed E-state index contributed by atoms with van der Waals surface area (Å²) >= 11 is 0. The van der Waals surface area contributed by atoms with E-state index in [2.05, 4.69) is 114 Å². The Labute approximate surface area is 316 Å². The van der Waals surface area contributed by atoms with E-state index in [1.807, 2.05) is 67.1 Å². The van der Waals surface area contributed by atoms with Gasteiger partial charge in [-0.1, -0.05) is 131 Å². The summed E-state index contributed by atoms with van der Waals surface area (Å²) in [6.45, 7) is 20.4. The third-order valence-electron chi connectivity index (χ3n) is 9.57. The lowest BCUT2D eigenvalue weighted by Crippen LogP contribution is -2.56. The maximum atomic E-state index is 14.0. The van der Waals surface area contributed by atoms with Crippen molar-refractivity contribution in [1.82, 2.24) is 25.1 Å². The largest absolute Gasteiger partial charge is 0.375 e. The number of carbonyl (C=O) groups excluding carboxylic acids is 2. The Hall–Kier alpha value is -5.37. The fourth-order valence-corrected chi connectivity index (χ4v) is 6.89. The molecule has 0 saturated heterocycles. The van der Waals surface area contributed by atoms with E-state index in [1.165, 1.54) is 16.7 Å². The highest BCUT2D eigenvalue weighted by Crippen LogP contribution is 2.32. The number of anilines is 1. The molecule has 2 unspecified atom stereocenters. The number of aryl methyl sites for hydroxylation is 1. The van der Waals surface area contributed by atoms with Crippen molar-refractivity contribution in [2.75, 3.05) is 18.4 Å². The molecule has 0 saturated carbocycles. The molecule has 3 N–H and O–H groups in total. The Balaban J connectivity index is 1.31. The van der Waals surface area contributed by atoms with Gasteiger partial charge in [0.15, 0.2) is 5.82 Å². The number of aromatic nitrogens is 2. The predicted molar refractivity (Wildman–Crippen MR) is 217 cm³/mol. The molecule has 8 nitrogen and oxygen atoms in total. The maximum absolute atomic E-state index is 14.0. The van der Waals surface area contributed by atoms with Crippen molar-refractivity contribution in [1.29, 1.82) is 0 Å². The average Bonchev–Trinajstić information content (AvgIpc) is 3.59. The summed E-state index contributed by atoms with van der Waals surface area (Å²) in [6, 6.07) is 29.9. The molecule has 53 heavy (non-hydrogen) atoms. The van der Waals surface area contributed by atoms with Gasteiger partial charge < -0.3 is 25.4 Å². The highest BCUT2D eigenvalue weighted by Gasteiger charge is 2.33. The third-order valence-corrected chi connectivity index (χ3v) is 9.57. The minimum absolute atomic E-state index is 0.0164. The molecule has 0 bridgehead atoms. The third kappa shape index (κ3) is 11.1. The molecular formula is C45H56N6O2. The lowest BCUT2D eigenvalue weighted by molar-refractivity contribution is -0.130. The molecule has 278 valence electrons. The minimum atomic E-state index is -0.976. The summed E-state index contributed by atoms with van der Waals surface area (Å²) in [4.78, 5) is 34.6. The van der Waals surface area contributed by atoms with E-state index in [1.54, 1.807) is 6.33 Å². The van der Waals surface area contributed by atoms with Crippen LogP contribution >= 0.6 is 0 Å². The van der Waals surface area contributed by atoms with E-state index in [9.17, 15) is 9.59 Å². The number of nitrogens with one attached hydrogen (secondary N) is 3. The second kappa shape index (κ2) is 17.4. The van der Waals surface area contributed by atoms with Crippen LogP contribution in [0.4, 0.5) is 5.82 Å². The number of benzene rings is 3. The number of amides is 2. The summed E-state index contributed by atoms with van der Waals surface area (Å²) in [5.74, 6) is -0.179. The van der Waals surface area contributed by atoms with Gasteiger partial charge in [0.1, 0.15) is 11.6 Å². The molecule has 0 aliphatic carbocycles. The number of imidazole rings is 1. The van der Waals surface area contributed by atoms with Crippen molar-refractivity contribution in [3.63, 3.8) is 0 Å². The number of nitrogens with zero attached hydrogens (tertiary/aromatic N) is 3. The van der Waals surface area contributed by atoms with Gasteiger partial charge in [-0.05, 0) is 73.6 Å². The van der Waals surface area contributed by atoms with Crippen LogP contribution in [0.3, 0.4) is 0 Å². The van der Waals surface area contributed by atoms with Gasteiger partial charge in [0.25, 0.3) is 0 Å². The van der Waals surface area contributed by atoms with Crippen LogP contribution in [0.5, 0.6) is 0 Å². The van der Waals surface area contributed by atoms with Gasteiger partial charge in [-0.15, -0.1) is 0 Å². The quantitative estimate of drug-likeness (QED) is 0.108. The Morgan fingerprint density at radius 2 is 1.53 bits per heavy atom. The van der Waals surface area contributed by atoms with E-state index >= 15 is 0 Å². The Morgan fingerprint density at radius 3 is 2.15 bits per heavy atom.